The van der Waals surface area contributed by atoms with E-state index in [4.69, 9.17) is 0 Å². The number of ether oxygens (including phenoxy) is 2. The monoisotopic (exact) mass is 172 g/mol. The zero-order valence-corrected chi connectivity index (χ0v) is 6.48. The Balaban J connectivity index is 3.68. The van der Waals surface area contributed by atoms with Gasteiger partial charge in [-0.2, -0.15) is 0 Å². The number of esters is 2. The van der Waals surface area contributed by atoms with Gasteiger partial charge in [-0.1, -0.05) is 6.08 Å². The fourth-order valence-electron chi connectivity index (χ4n) is 0.421. The van der Waals surface area contributed by atoms with Gasteiger partial charge in [0.1, 0.15) is 0 Å². The summed E-state index contributed by atoms with van der Waals surface area (Å²) >= 11 is 0. The fourth-order valence-corrected chi connectivity index (χ4v) is 0.421. The molecule has 0 saturated carbocycles. The second-order valence-corrected chi connectivity index (χ2v) is 1.72. The molecule has 0 aromatic heterocycles. The molecule has 0 aromatic carbocycles. The Morgan fingerprint density at radius 2 is 2.08 bits per heavy atom. The third-order valence-corrected chi connectivity index (χ3v) is 0.930. The zero-order chi connectivity index (χ0) is 9.40. The largest absolute Gasteiger partial charge is 0.469 e. The van der Waals surface area contributed by atoms with Crippen LogP contribution in [0, 0.1) is 0 Å². The molecule has 0 saturated heterocycles. The van der Waals surface area contributed by atoms with Crippen molar-refractivity contribution < 1.29 is 23.9 Å². The third kappa shape index (κ3) is 5.16. The Bertz CT molecular complexity index is 206. The number of rotatable bonds is 4. The van der Waals surface area contributed by atoms with Gasteiger partial charge in [-0.15, -0.1) is 0 Å². The lowest BCUT2D eigenvalue weighted by Gasteiger charge is -1.91. The number of methoxy groups -OCH3 is 1. The molecular formula is C7H8O5. The number of hydrogen-bond acceptors (Lipinski definition) is 5. The molecule has 5 nitrogen and oxygen atoms in total. The standard InChI is InChI=1S/C7H8O5/c1-11-6(9)3-2-4-7(10)12-5-8/h2,4-5H,3H2,1H3/b4-2+. The molecule has 5 heteroatoms. The van der Waals surface area contributed by atoms with Crippen molar-refractivity contribution in [2.75, 3.05) is 7.11 Å². The molecule has 12 heavy (non-hydrogen) atoms. The first-order valence-electron chi connectivity index (χ1n) is 3.08. The summed E-state index contributed by atoms with van der Waals surface area (Å²) in [5.41, 5.74) is 0. The Morgan fingerprint density at radius 1 is 1.42 bits per heavy atom. The van der Waals surface area contributed by atoms with Crippen molar-refractivity contribution in [2.24, 2.45) is 0 Å². The van der Waals surface area contributed by atoms with Crippen LogP contribution in [0.25, 0.3) is 0 Å². The Kier molecular flexibility index (Phi) is 5.25. The number of carbonyl (C=O) groups excluding carboxylic acids is 3. The van der Waals surface area contributed by atoms with Crippen molar-refractivity contribution >= 4 is 18.4 Å². The normalized spacial score (nSPS) is 9.42. The second kappa shape index (κ2) is 6.09. The summed E-state index contributed by atoms with van der Waals surface area (Å²) < 4.78 is 8.18. The average molecular weight is 172 g/mol. The van der Waals surface area contributed by atoms with Gasteiger partial charge in [0.15, 0.2) is 0 Å². The van der Waals surface area contributed by atoms with Gasteiger partial charge in [0.25, 0.3) is 0 Å². The Labute approximate surface area is 69.0 Å². The minimum Gasteiger partial charge on any atom is -0.469 e. The summed E-state index contributed by atoms with van der Waals surface area (Å²) in [7, 11) is 1.24. The highest BCUT2D eigenvalue weighted by atomic mass is 16.6. The van der Waals surface area contributed by atoms with E-state index in [9.17, 15) is 14.4 Å². The van der Waals surface area contributed by atoms with E-state index >= 15 is 0 Å². The molecule has 0 aromatic rings. The van der Waals surface area contributed by atoms with Crippen LogP contribution in [0.3, 0.4) is 0 Å². The molecule has 0 aliphatic heterocycles. The topological polar surface area (TPSA) is 69.7 Å². The van der Waals surface area contributed by atoms with E-state index in [-0.39, 0.29) is 12.9 Å². The zero-order valence-electron chi connectivity index (χ0n) is 6.48. The van der Waals surface area contributed by atoms with Crippen LogP contribution < -0.4 is 0 Å². The minimum absolute atomic E-state index is 0.0187. The molecule has 0 aliphatic rings. The van der Waals surface area contributed by atoms with Crippen LogP contribution in [-0.2, 0) is 23.9 Å². The van der Waals surface area contributed by atoms with E-state index in [1.54, 1.807) is 0 Å². The van der Waals surface area contributed by atoms with Crippen LogP contribution in [0.15, 0.2) is 12.2 Å². The first-order valence-corrected chi connectivity index (χ1v) is 3.08. The second-order valence-electron chi connectivity index (χ2n) is 1.72. The molecule has 0 aliphatic carbocycles. The van der Waals surface area contributed by atoms with Crippen LogP contribution in [-0.4, -0.2) is 25.5 Å². The van der Waals surface area contributed by atoms with Gasteiger partial charge in [0, 0.05) is 6.08 Å². The summed E-state index contributed by atoms with van der Waals surface area (Å²) in [6.07, 6.45) is 2.20. The molecule has 0 fully saturated rings. The van der Waals surface area contributed by atoms with Crippen LogP contribution >= 0.6 is 0 Å². The minimum atomic E-state index is -0.811. The van der Waals surface area contributed by atoms with Crippen molar-refractivity contribution in [1.29, 1.82) is 0 Å². The highest BCUT2D eigenvalue weighted by Gasteiger charge is 1.97. The molecule has 0 heterocycles. The van der Waals surface area contributed by atoms with Crippen LogP contribution in [0.5, 0.6) is 0 Å². The lowest BCUT2D eigenvalue weighted by atomic mass is 10.4. The molecule has 0 bridgehead atoms. The van der Waals surface area contributed by atoms with Gasteiger partial charge in [-0.25, -0.2) is 4.79 Å². The smallest absolute Gasteiger partial charge is 0.337 e. The fraction of sp³-hybridized carbons (Fsp3) is 0.286. The van der Waals surface area contributed by atoms with Crippen molar-refractivity contribution in [3.8, 4) is 0 Å². The van der Waals surface area contributed by atoms with Crippen molar-refractivity contribution in [2.45, 2.75) is 6.42 Å². The van der Waals surface area contributed by atoms with Gasteiger partial charge in [0.05, 0.1) is 13.5 Å². The predicted octanol–water partition coefficient (Wildman–Crippen LogP) is -0.195. The van der Waals surface area contributed by atoms with Gasteiger partial charge < -0.3 is 9.47 Å². The van der Waals surface area contributed by atoms with Crippen LogP contribution in [0.1, 0.15) is 6.42 Å². The first kappa shape index (κ1) is 10.3. The maximum Gasteiger partial charge on any atom is 0.337 e. The van der Waals surface area contributed by atoms with Gasteiger partial charge in [-0.05, 0) is 0 Å². The molecule has 0 spiro atoms. The summed E-state index contributed by atoms with van der Waals surface area (Å²) in [5, 5.41) is 0. The van der Waals surface area contributed by atoms with E-state index < -0.39 is 11.9 Å². The molecule has 0 atom stereocenters. The number of carbonyl (C=O) groups is 3. The van der Waals surface area contributed by atoms with Crippen LogP contribution in [0.4, 0.5) is 0 Å². The molecule has 0 N–H and O–H groups in total. The van der Waals surface area contributed by atoms with E-state index in [0.717, 1.165) is 6.08 Å². The van der Waals surface area contributed by atoms with Crippen molar-refractivity contribution in [3.05, 3.63) is 12.2 Å². The summed E-state index contributed by atoms with van der Waals surface area (Å²) in [4.78, 5) is 30.5. The number of hydrogen-bond donors (Lipinski definition) is 0. The molecule has 66 valence electrons. The molecule has 0 radical (unpaired) electrons. The maximum atomic E-state index is 10.5. The summed E-state index contributed by atoms with van der Waals surface area (Å²) in [6, 6.07) is 0. The molecule has 0 amide bonds. The van der Waals surface area contributed by atoms with Gasteiger partial charge in [-0.3, -0.25) is 9.59 Å². The van der Waals surface area contributed by atoms with E-state index in [0.29, 0.717) is 0 Å². The van der Waals surface area contributed by atoms with Gasteiger partial charge in [0.2, 0.25) is 0 Å². The predicted molar refractivity (Wildman–Crippen MR) is 37.9 cm³/mol. The molecule has 0 rings (SSSR count). The van der Waals surface area contributed by atoms with Crippen LogP contribution in [0.2, 0.25) is 0 Å². The van der Waals surface area contributed by atoms with E-state index in [2.05, 4.69) is 9.47 Å². The Hall–Kier alpha value is -1.65. The Morgan fingerprint density at radius 3 is 2.58 bits per heavy atom. The highest BCUT2D eigenvalue weighted by Crippen LogP contribution is 1.87. The maximum absolute atomic E-state index is 10.5. The molecular weight excluding hydrogens is 164 g/mol. The SMILES string of the molecule is COC(=O)C/C=C/C(=O)OC=O. The van der Waals surface area contributed by atoms with Crippen molar-refractivity contribution in [1.82, 2.24) is 0 Å². The third-order valence-electron chi connectivity index (χ3n) is 0.930. The lowest BCUT2D eigenvalue weighted by molar-refractivity contribution is -0.147. The molecule has 0 unspecified atom stereocenters. The summed E-state index contributed by atoms with van der Waals surface area (Å²) in [6.45, 7) is 0.0187. The first-order chi connectivity index (χ1) is 5.70. The highest BCUT2D eigenvalue weighted by molar-refractivity contribution is 5.87. The van der Waals surface area contributed by atoms with Crippen molar-refractivity contribution in [3.63, 3.8) is 0 Å². The lowest BCUT2D eigenvalue weighted by Crippen LogP contribution is -2.00. The average Bonchev–Trinajstić information content (AvgIpc) is 2.04. The summed E-state index contributed by atoms with van der Waals surface area (Å²) in [5.74, 6) is -1.28. The quantitative estimate of drug-likeness (QED) is 0.254. The van der Waals surface area contributed by atoms with E-state index in [1.165, 1.54) is 13.2 Å². The van der Waals surface area contributed by atoms with E-state index in [1.807, 2.05) is 0 Å². The van der Waals surface area contributed by atoms with Gasteiger partial charge >= 0.3 is 18.4 Å².